The summed E-state index contributed by atoms with van der Waals surface area (Å²) in [5, 5.41) is 8.04. The molecule has 1 fully saturated rings. The lowest BCUT2D eigenvalue weighted by molar-refractivity contribution is 0.204. The van der Waals surface area contributed by atoms with E-state index >= 15 is 0 Å². The largest absolute Gasteiger partial charge is 0.383 e. The second-order valence-electron chi connectivity index (χ2n) is 6.59. The number of nitrogens with zero attached hydrogens (tertiary/aromatic N) is 5. The molecule has 2 aromatic rings. The molecule has 28 heavy (non-hydrogen) atoms. The highest BCUT2D eigenvalue weighted by molar-refractivity contribution is 7.99. The van der Waals surface area contributed by atoms with Crippen molar-refractivity contribution in [3.05, 3.63) is 24.5 Å². The third kappa shape index (κ3) is 6.25. The van der Waals surface area contributed by atoms with E-state index in [9.17, 15) is 0 Å². The zero-order valence-electron chi connectivity index (χ0n) is 16.1. The highest BCUT2D eigenvalue weighted by Gasteiger charge is 2.20. The summed E-state index contributed by atoms with van der Waals surface area (Å²) in [6, 6.07) is 3.79. The molecule has 1 saturated heterocycles. The minimum atomic E-state index is 0.462. The van der Waals surface area contributed by atoms with Crippen molar-refractivity contribution in [2.45, 2.75) is 29.9 Å². The van der Waals surface area contributed by atoms with Gasteiger partial charge in [-0.05, 0) is 48.8 Å². The van der Waals surface area contributed by atoms with E-state index in [4.69, 9.17) is 21.9 Å². The van der Waals surface area contributed by atoms with Crippen LogP contribution in [-0.4, -0.2) is 58.4 Å². The minimum absolute atomic E-state index is 0.462. The molecule has 3 heterocycles. The molecule has 0 bridgehead atoms. The van der Waals surface area contributed by atoms with E-state index in [1.165, 1.54) is 18.2 Å². The molecule has 10 heteroatoms. The standard InChI is InChI=1S/C18H25N7OS2/c1-13-5-3-9-25(12-13)14-11-15(28-18-20-6-4-7-21-18)23-16(22-14)24-17(27)19-8-10-26-2/h4,6-7,11,13H,3,5,8-10,12H2,1-2H3,(H2,19,22,23,24,27)/t13-/m0/s1. The molecule has 0 radical (unpaired) electrons. The van der Waals surface area contributed by atoms with Crippen LogP contribution in [0.1, 0.15) is 19.8 Å². The average Bonchev–Trinajstić information content (AvgIpc) is 2.69. The molecule has 1 aliphatic rings. The Morgan fingerprint density at radius 3 is 2.93 bits per heavy atom. The van der Waals surface area contributed by atoms with Crippen LogP contribution in [0.4, 0.5) is 11.8 Å². The number of rotatable bonds is 7. The Bertz CT molecular complexity index is 778. The van der Waals surface area contributed by atoms with Crippen molar-refractivity contribution in [3.8, 4) is 0 Å². The number of anilines is 2. The van der Waals surface area contributed by atoms with Crippen LogP contribution in [0.15, 0.2) is 34.7 Å². The van der Waals surface area contributed by atoms with Crippen LogP contribution in [0, 0.1) is 5.92 Å². The number of hydrogen-bond acceptors (Lipinski definition) is 8. The van der Waals surface area contributed by atoms with Crippen molar-refractivity contribution in [3.63, 3.8) is 0 Å². The van der Waals surface area contributed by atoms with Gasteiger partial charge in [-0.2, -0.15) is 4.98 Å². The maximum absolute atomic E-state index is 5.34. The summed E-state index contributed by atoms with van der Waals surface area (Å²) in [4.78, 5) is 20.1. The maximum Gasteiger partial charge on any atom is 0.232 e. The number of hydrogen-bond donors (Lipinski definition) is 2. The molecule has 1 aliphatic heterocycles. The Hall–Kier alpha value is -2.04. The molecule has 0 amide bonds. The van der Waals surface area contributed by atoms with E-state index in [1.54, 1.807) is 25.6 Å². The van der Waals surface area contributed by atoms with Crippen molar-refractivity contribution >= 4 is 40.9 Å². The van der Waals surface area contributed by atoms with Crippen LogP contribution in [0.2, 0.25) is 0 Å². The fraction of sp³-hybridized carbons (Fsp3) is 0.500. The van der Waals surface area contributed by atoms with Crippen LogP contribution >= 0.6 is 24.0 Å². The van der Waals surface area contributed by atoms with Crippen molar-refractivity contribution in [1.29, 1.82) is 0 Å². The van der Waals surface area contributed by atoms with Gasteiger partial charge in [0.15, 0.2) is 10.3 Å². The van der Waals surface area contributed by atoms with E-state index in [0.717, 1.165) is 30.4 Å². The molecule has 0 saturated carbocycles. The second-order valence-corrected chi connectivity index (χ2v) is 7.98. The first-order valence-corrected chi connectivity index (χ1v) is 10.5. The fourth-order valence-electron chi connectivity index (χ4n) is 2.92. The number of aromatic nitrogens is 4. The van der Waals surface area contributed by atoms with Gasteiger partial charge in [-0.1, -0.05) is 6.92 Å². The first kappa shape index (κ1) is 20.7. The zero-order chi connectivity index (χ0) is 19.8. The summed E-state index contributed by atoms with van der Waals surface area (Å²) >= 11 is 6.74. The Labute approximate surface area is 174 Å². The molecule has 2 N–H and O–H groups in total. The van der Waals surface area contributed by atoms with Gasteiger partial charge in [-0.25, -0.2) is 15.0 Å². The summed E-state index contributed by atoms with van der Waals surface area (Å²) in [7, 11) is 1.65. The van der Waals surface area contributed by atoms with Gasteiger partial charge in [-0.15, -0.1) is 0 Å². The van der Waals surface area contributed by atoms with Crippen molar-refractivity contribution < 1.29 is 4.74 Å². The van der Waals surface area contributed by atoms with Gasteiger partial charge in [-0.3, -0.25) is 0 Å². The average molecular weight is 420 g/mol. The zero-order valence-corrected chi connectivity index (χ0v) is 17.7. The Kier molecular flexibility index (Phi) is 7.75. The van der Waals surface area contributed by atoms with E-state index in [-0.39, 0.29) is 0 Å². The molecular formula is C18H25N7OS2. The van der Waals surface area contributed by atoms with Gasteiger partial charge in [0.05, 0.1) is 6.61 Å². The first-order chi connectivity index (χ1) is 13.6. The number of methoxy groups -OCH3 is 1. The second kappa shape index (κ2) is 10.5. The molecule has 0 aliphatic carbocycles. The molecule has 3 rings (SSSR count). The molecular weight excluding hydrogens is 394 g/mol. The normalized spacial score (nSPS) is 16.6. The van der Waals surface area contributed by atoms with E-state index in [2.05, 4.69) is 37.4 Å². The summed E-state index contributed by atoms with van der Waals surface area (Å²) in [5.41, 5.74) is 0. The summed E-state index contributed by atoms with van der Waals surface area (Å²) < 4.78 is 5.03. The monoisotopic (exact) mass is 419 g/mol. The number of thiocarbonyl (C=S) groups is 1. The minimum Gasteiger partial charge on any atom is -0.383 e. The smallest absolute Gasteiger partial charge is 0.232 e. The lowest BCUT2D eigenvalue weighted by atomic mass is 10.0. The number of nitrogens with one attached hydrogen (secondary N) is 2. The van der Waals surface area contributed by atoms with E-state index < -0.39 is 0 Å². The molecule has 0 unspecified atom stereocenters. The Morgan fingerprint density at radius 1 is 1.36 bits per heavy atom. The van der Waals surface area contributed by atoms with Gasteiger partial charge >= 0.3 is 0 Å². The third-order valence-corrected chi connectivity index (χ3v) is 5.28. The predicted octanol–water partition coefficient (Wildman–Crippen LogP) is 2.59. The van der Waals surface area contributed by atoms with Crippen LogP contribution in [0.25, 0.3) is 0 Å². The van der Waals surface area contributed by atoms with Crippen molar-refractivity contribution in [1.82, 2.24) is 25.3 Å². The van der Waals surface area contributed by atoms with Gasteiger partial charge in [0.1, 0.15) is 10.8 Å². The summed E-state index contributed by atoms with van der Waals surface area (Å²) in [5.74, 6) is 2.00. The lowest BCUT2D eigenvalue weighted by Crippen LogP contribution is -2.35. The SMILES string of the molecule is COCCNC(=S)Nc1nc(Sc2ncccn2)cc(N2CCC[C@H](C)C2)n1. The molecule has 150 valence electrons. The quantitative estimate of drug-likeness (QED) is 0.302. The molecule has 2 aromatic heterocycles. The third-order valence-electron chi connectivity index (χ3n) is 4.23. The van der Waals surface area contributed by atoms with Gasteiger partial charge in [0.2, 0.25) is 5.95 Å². The van der Waals surface area contributed by atoms with Crippen LogP contribution in [-0.2, 0) is 4.74 Å². The molecule has 0 aromatic carbocycles. The summed E-state index contributed by atoms with van der Waals surface area (Å²) in [6.07, 6.45) is 5.85. The van der Waals surface area contributed by atoms with Gasteiger partial charge in [0, 0.05) is 45.2 Å². The Balaban J connectivity index is 1.79. The Morgan fingerprint density at radius 2 is 2.18 bits per heavy atom. The van der Waals surface area contributed by atoms with Crippen LogP contribution in [0.5, 0.6) is 0 Å². The van der Waals surface area contributed by atoms with Gasteiger partial charge < -0.3 is 20.3 Å². The highest BCUT2D eigenvalue weighted by atomic mass is 32.2. The van der Waals surface area contributed by atoms with E-state index in [0.29, 0.717) is 35.3 Å². The van der Waals surface area contributed by atoms with Crippen LogP contribution in [0.3, 0.4) is 0 Å². The number of piperidine rings is 1. The van der Waals surface area contributed by atoms with Crippen LogP contribution < -0.4 is 15.5 Å². The molecule has 0 spiro atoms. The van der Waals surface area contributed by atoms with E-state index in [1.807, 2.05) is 6.07 Å². The fourth-order valence-corrected chi connectivity index (χ4v) is 3.83. The molecule has 1 atom stereocenters. The summed E-state index contributed by atoms with van der Waals surface area (Å²) in [6.45, 7) is 5.43. The molecule has 8 nitrogen and oxygen atoms in total. The van der Waals surface area contributed by atoms with Crippen molar-refractivity contribution in [2.75, 3.05) is 43.6 Å². The topological polar surface area (TPSA) is 88.1 Å². The number of ether oxygens (including phenoxy) is 1. The predicted molar refractivity (Wildman–Crippen MR) is 115 cm³/mol. The first-order valence-electron chi connectivity index (χ1n) is 9.26. The maximum atomic E-state index is 5.34. The lowest BCUT2D eigenvalue weighted by Gasteiger charge is -2.32. The van der Waals surface area contributed by atoms with Crippen molar-refractivity contribution in [2.24, 2.45) is 5.92 Å². The van der Waals surface area contributed by atoms with Gasteiger partial charge in [0.25, 0.3) is 0 Å². The highest BCUT2D eigenvalue weighted by Crippen LogP contribution is 2.28.